The molecule has 0 aromatic heterocycles. The quantitative estimate of drug-likeness (QED) is 0.744. The van der Waals surface area contributed by atoms with E-state index < -0.39 is 6.09 Å². The van der Waals surface area contributed by atoms with Crippen molar-refractivity contribution in [1.29, 1.82) is 0 Å². The van der Waals surface area contributed by atoms with Gasteiger partial charge >= 0.3 is 6.09 Å². The van der Waals surface area contributed by atoms with Crippen LogP contribution in [-0.2, 0) is 9.53 Å². The van der Waals surface area contributed by atoms with Crippen molar-refractivity contribution in [2.24, 2.45) is 0 Å². The molecule has 0 saturated heterocycles. The summed E-state index contributed by atoms with van der Waals surface area (Å²) in [4.78, 5) is 20.3. The summed E-state index contributed by atoms with van der Waals surface area (Å²) in [6.45, 7) is 5.58. The van der Waals surface area contributed by atoms with Gasteiger partial charge in [-0.3, -0.25) is 4.79 Å². The van der Waals surface area contributed by atoms with Crippen molar-refractivity contribution in [3.8, 4) is 0 Å². The average molecular weight is 246 g/mol. The summed E-state index contributed by atoms with van der Waals surface area (Å²) in [5.41, 5.74) is 0. The Morgan fingerprint density at radius 3 is 1.88 bits per heavy atom. The van der Waals surface area contributed by atoms with Gasteiger partial charge in [0.1, 0.15) is 0 Å². The van der Waals surface area contributed by atoms with Crippen molar-refractivity contribution >= 4 is 12.0 Å². The van der Waals surface area contributed by atoms with Crippen molar-refractivity contribution in [2.45, 2.75) is 52.5 Å². The fourth-order valence-corrected chi connectivity index (χ4v) is 1.46. The fraction of sp³-hybridized carbons (Fsp3) is 0.833. The van der Waals surface area contributed by atoms with Gasteiger partial charge in [-0.25, -0.2) is 4.79 Å². The lowest BCUT2D eigenvalue weighted by molar-refractivity contribution is -0.119. The molecule has 1 saturated carbocycles. The second kappa shape index (κ2) is 12.8. The highest BCUT2D eigenvalue weighted by Gasteiger charge is 2.14. The summed E-state index contributed by atoms with van der Waals surface area (Å²) in [5.74, 6) is 0.113. The number of rotatable bonds is 1. The Labute approximate surface area is 104 Å². The third-order valence-corrected chi connectivity index (χ3v) is 2.15. The van der Waals surface area contributed by atoms with Crippen molar-refractivity contribution < 1.29 is 14.3 Å². The Balaban J connectivity index is 0. The van der Waals surface area contributed by atoms with Crippen LogP contribution in [0.3, 0.4) is 0 Å². The van der Waals surface area contributed by atoms with Gasteiger partial charge in [0, 0.05) is 20.0 Å². The average Bonchev–Trinajstić information content (AvgIpc) is 2.83. The van der Waals surface area contributed by atoms with Crippen molar-refractivity contribution in [2.75, 3.05) is 14.2 Å². The van der Waals surface area contributed by atoms with Gasteiger partial charge in [-0.2, -0.15) is 0 Å². The predicted molar refractivity (Wildman–Crippen MR) is 68.9 cm³/mol. The molecule has 1 fully saturated rings. The highest BCUT2D eigenvalue weighted by atomic mass is 16.5. The Bertz CT molecular complexity index is 196. The second-order valence-corrected chi connectivity index (χ2v) is 3.42. The van der Waals surface area contributed by atoms with E-state index in [4.69, 9.17) is 0 Å². The Morgan fingerprint density at radius 2 is 1.65 bits per heavy atom. The lowest BCUT2D eigenvalue weighted by Crippen LogP contribution is -2.30. The molecule has 5 nitrogen and oxygen atoms in total. The van der Waals surface area contributed by atoms with E-state index in [1.165, 1.54) is 39.8 Å². The van der Waals surface area contributed by atoms with E-state index in [9.17, 15) is 9.59 Å². The van der Waals surface area contributed by atoms with Gasteiger partial charge in [0.05, 0.1) is 7.11 Å². The van der Waals surface area contributed by atoms with Gasteiger partial charge in [-0.1, -0.05) is 26.7 Å². The van der Waals surface area contributed by atoms with Crippen LogP contribution in [-0.4, -0.2) is 32.2 Å². The zero-order valence-corrected chi connectivity index (χ0v) is 11.6. The van der Waals surface area contributed by atoms with Crippen LogP contribution in [0.25, 0.3) is 0 Å². The topological polar surface area (TPSA) is 67.4 Å². The van der Waals surface area contributed by atoms with Crippen LogP contribution in [0, 0.1) is 0 Å². The summed E-state index contributed by atoms with van der Waals surface area (Å²) in [7, 11) is 2.82. The summed E-state index contributed by atoms with van der Waals surface area (Å²) in [5, 5.41) is 5.16. The zero-order chi connectivity index (χ0) is 13.7. The molecule has 1 aliphatic carbocycles. The van der Waals surface area contributed by atoms with Gasteiger partial charge in [-0.05, 0) is 12.8 Å². The SMILES string of the molecule is CC.CC(=O)NC1CCCC1.CNC(=O)OC. The summed E-state index contributed by atoms with van der Waals surface area (Å²) in [6, 6.07) is 0.488. The third kappa shape index (κ3) is 12.7. The van der Waals surface area contributed by atoms with Crippen molar-refractivity contribution in [1.82, 2.24) is 10.6 Å². The van der Waals surface area contributed by atoms with E-state index in [1.807, 2.05) is 13.8 Å². The maximum Gasteiger partial charge on any atom is 0.406 e. The largest absolute Gasteiger partial charge is 0.453 e. The molecule has 17 heavy (non-hydrogen) atoms. The maximum atomic E-state index is 10.5. The highest BCUT2D eigenvalue weighted by Crippen LogP contribution is 2.17. The molecule has 0 unspecified atom stereocenters. The van der Waals surface area contributed by atoms with Gasteiger partial charge in [0.25, 0.3) is 0 Å². The number of amides is 2. The number of hydrogen-bond acceptors (Lipinski definition) is 3. The van der Waals surface area contributed by atoms with E-state index in [0.717, 1.165) is 0 Å². The van der Waals surface area contributed by atoms with Gasteiger partial charge < -0.3 is 15.4 Å². The number of alkyl carbamates (subject to hydrolysis) is 1. The van der Waals surface area contributed by atoms with Gasteiger partial charge in [0.2, 0.25) is 5.91 Å². The second-order valence-electron chi connectivity index (χ2n) is 3.42. The first kappa shape index (κ1) is 18.1. The lowest BCUT2D eigenvalue weighted by Gasteiger charge is -2.07. The molecular formula is C12H26N2O3. The van der Waals surface area contributed by atoms with Crippen LogP contribution in [0.1, 0.15) is 46.5 Å². The lowest BCUT2D eigenvalue weighted by atomic mass is 10.2. The number of hydrogen-bond donors (Lipinski definition) is 2. The fourth-order valence-electron chi connectivity index (χ4n) is 1.46. The van der Waals surface area contributed by atoms with Gasteiger partial charge in [0.15, 0.2) is 0 Å². The van der Waals surface area contributed by atoms with E-state index >= 15 is 0 Å². The van der Waals surface area contributed by atoms with Crippen molar-refractivity contribution in [3.05, 3.63) is 0 Å². The summed E-state index contributed by atoms with van der Waals surface area (Å²) in [6.07, 6.45) is 4.52. The Kier molecular flexibility index (Phi) is 13.6. The molecule has 0 spiro atoms. The molecule has 1 rings (SSSR count). The van der Waals surface area contributed by atoms with E-state index in [1.54, 1.807) is 6.92 Å². The first-order valence-electron chi connectivity index (χ1n) is 6.13. The number of carbonyl (C=O) groups excluding carboxylic acids is 2. The number of carbonyl (C=O) groups is 2. The van der Waals surface area contributed by atoms with Crippen LogP contribution in [0.4, 0.5) is 4.79 Å². The molecule has 1 aliphatic rings. The number of nitrogens with one attached hydrogen (secondary N) is 2. The van der Waals surface area contributed by atoms with E-state index in [2.05, 4.69) is 15.4 Å². The van der Waals surface area contributed by atoms with Crippen molar-refractivity contribution in [3.63, 3.8) is 0 Å². The molecular weight excluding hydrogens is 220 g/mol. The number of methoxy groups -OCH3 is 1. The van der Waals surface area contributed by atoms with Crippen LogP contribution in [0.15, 0.2) is 0 Å². The molecule has 0 aliphatic heterocycles. The molecule has 102 valence electrons. The van der Waals surface area contributed by atoms with Crippen LogP contribution < -0.4 is 10.6 Å². The molecule has 2 N–H and O–H groups in total. The summed E-state index contributed by atoms with van der Waals surface area (Å²) < 4.78 is 4.15. The minimum Gasteiger partial charge on any atom is -0.453 e. The highest BCUT2D eigenvalue weighted by molar-refractivity contribution is 5.73. The molecule has 0 heterocycles. The molecule has 0 aromatic carbocycles. The standard InChI is InChI=1S/C7H13NO.C3H7NO2.C2H6/c1-6(9)8-7-4-2-3-5-7;1-4-3(5)6-2;1-2/h7H,2-5H2,1H3,(H,8,9);1-2H3,(H,4,5);1-2H3. The first-order valence-corrected chi connectivity index (χ1v) is 6.13. The van der Waals surface area contributed by atoms with E-state index in [-0.39, 0.29) is 5.91 Å². The molecule has 2 amide bonds. The monoisotopic (exact) mass is 246 g/mol. The molecule has 0 radical (unpaired) electrons. The van der Waals surface area contributed by atoms with Crippen LogP contribution >= 0.6 is 0 Å². The minimum absolute atomic E-state index is 0.113. The first-order chi connectivity index (χ1) is 8.10. The smallest absolute Gasteiger partial charge is 0.406 e. The molecule has 0 aromatic rings. The minimum atomic E-state index is -0.407. The molecule has 0 bridgehead atoms. The predicted octanol–water partition coefficient (Wildman–Crippen LogP) is 2.06. The zero-order valence-electron chi connectivity index (χ0n) is 11.6. The van der Waals surface area contributed by atoms with E-state index in [0.29, 0.717) is 6.04 Å². The Hall–Kier alpha value is -1.26. The van der Waals surface area contributed by atoms with Crippen LogP contribution in [0.2, 0.25) is 0 Å². The summed E-state index contributed by atoms with van der Waals surface area (Å²) >= 11 is 0. The van der Waals surface area contributed by atoms with Crippen LogP contribution in [0.5, 0.6) is 0 Å². The Morgan fingerprint density at radius 1 is 1.18 bits per heavy atom. The third-order valence-electron chi connectivity index (χ3n) is 2.15. The maximum absolute atomic E-state index is 10.5. The molecule has 0 atom stereocenters. The number of ether oxygens (including phenoxy) is 1. The van der Waals surface area contributed by atoms with Gasteiger partial charge in [-0.15, -0.1) is 0 Å². The molecule has 5 heteroatoms. The normalized spacial score (nSPS) is 13.5.